The van der Waals surface area contributed by atoms with E-state index in [2.05, 4.69) is 30.1 Å². The van der Waals surface area contributed by atoms with Crippen molar-refractivity contribution < 1.29 is 18.4 Å². The van der Waals surface area contributed by atoms with Gasteiger partial charge in [0.2, 0.25) is 0 Å². The molecule has 1 aliphatic rings. The highest BCUT2D eigenvalue weighted by Crippen LogP contribution is 2.34. The van der Waals surface area contributed by atoms with Gasteiger partial charge in [0.1, 0.15) is 5.82 Å². The van der Waals surface area contributed by atoms with E-state index in [-0.39, 0.29) is 24.7 Å². The maximum Gasteiger partial charge on any atom is 0.267 e. The number of carbonyl (C=O) groups is 2. The van der Waals surface area contributed by atoms with E-state index in [9.17, 15) is 18.4 Å². The molecule has 38 heavy (non-hydrogen) atoms. The van der Waals surface area contributed by atoms with Crippen LogP contribution in [-0.4, -0.2) is 40.6 Å². The number of halogens is 2. The number of nitrogens with two attached hydrogens (primary N) is 1. The summed E-state index contributed by atoms with van der Waals surface area (Å²) < 4.78 is 28.2. The quantitative estimate of drug-likeness (QED) is 0.274. The van der Waals surface area contributed by atoms with Crippen LogP contribution in [0.4, 0.5) is 14.6 Å². The summed E-state index contributed by atoms with van der Waals surface area (Å²) in [5, 5.41) is 1.11. The number of allylic oxidation sites excluding steroid dienone is 1. The minimum atomic E-state index is -2.80. The summed E-state index contributed by atoms with van der Waals surface area (Å²) in [4.78, 5) is 31.4. The minimum Gasteiger partial charge on any atom is -0.384 e. The number of pyridine rings is 1. The predicted octanol–water partition coefficient (Wildman–Crippen LogP) is 6.55. The summed E-state index contributed by atoms with van der Waals surface area (Å²) in [5.74, 6) is -2.68. The SMILES string of the molecule is Cc1cc(-c2ccc(C(=O)N3CCC(F)(F)C3)cc2)cc2cc(CCC(=O)/C=C/c3ccc(N)nc3)sc12. The number of nitrogen functional groups attached to an aromatic ring is 1. The van der Waals surface area contributed by atoms with Crippen molar-refractivity contribution in [1.82, 2.24) is 9.88 Å². The van der Waals surface area contributed by atoms with Crippen LogP contribution < -0.4 is 5.73 Å². The van der Waals surface area contributed by atoms with Crippen molar-refractivity contribution in [2.75, 3.05) is 18.8 Å². The molecule has 3 heterocycles. The van der Waals surface area contributed by atoms with E-state index in [1.807, 2.05) is 18.2 Å². The van der Waals surface area contributed by atoms with Crippen molar-refractivity contribution in [3.8, 4) is 11.1 Å². The first kappa shape index (κ1) is 25.7. The lowest BCUT2D eigenvalue weighted by atomic mass is 10.00. The highest BCUT2D eigenvalue weighted by molar-refractivity contribution is 7.19. The number of anilines is 1. The van der Waals surface area contributed by atoms with E-state index in [0.29, 0.717) is 24.2 Å². The van der Waals surface area contributed by atoms with Crippen LogP contribution in [0.5, 0.6) is 0 Å². The van der Waals surface area contributed by atoms with Crippen molar-refractivity contribution in [1.29, 1.82) is 0 Å². The fourth-order valence-corrected chi connectivity index (χ4v) is 5.71. The molecule has 0 radical (unpaired) electrons. The van der Waals surface area contributed by atoms with Gasteiger partial charge >= 0.3 is 0 Å². The van der Waals surface area contributed by atoms with Crippen LogP contribution in [0.25, 0.3) is 27.3 Å². The van der Waals surface area contributed by atoms with Crippen molar-refractivity contribution in [2.24, 2.45) is 0 Å². The number of ketones is 1. The topological polar surface area (TPSA) is 76.3 Å². The third-order valence-corrected chi connectivity index (χ3v) is 8.01. The maximum atomic E-state index is 13.5. The van der Waals surface area contributed by atoms with Crippen LogP contribution in [0.1, 0.15) is 39.2 Å². The third kappa shape index (κ3) is 5.81. The van der Waals surface area contributed by atoms with Crippen molar-refractivity contribution >= 4 is 45.0 Å². The van der Waals surface area contributed by atoms with E-state index in [4.69, 9.17) is 5.73 Å². The van der Waals surface area contributed by atoms with E-state index >= 15 is 0 Å². The summed E-state index contributed by atoms with van der Waals surface area (Å²) in [6.07, 6.45) is 5.74. The fourth-order valence-electron chi connectivity index (χ4n) is 4.60. The Morgan fingerprint density at radius 2 is 1.89 bits per heavy atom. The highest BCUT2D eigenvalue weighted by atomic mass is 32.1. The Bertz CT molecular complexity index is 1530. The number of fused-ring (bicyclic) bond motifs is 1. The van der Waals surface area contributed by atoms with Gasteiger partial charge in [-0.3, -0.25) is 9.59 Å². The summed E-state index contributed by atoms with van der Waals surface area (Å²) in [7, 11) is 0. The monoisotopic (exact) mass is 531 g/mol. The van der Waals surface area contributed by atoms with Crippen LogP contribution in [0, 0.1) is 6.92 Å². The first-order chi connectivity index (χ1) is 18.2. The Hall–Kier alpha value is -3.91. The smallest absolute Gasteiger partial charge is 0.267 e. The number of hydrogen-bond donors (Lipinski definition) is 1. The molecule has 1 fully saturated rings. The third-order valence-electron chi connectivity index (χ3n) is 6.66. The van der Waals surface area contributed by atoms with Gasteiger partial charge in [0.15, 0.2) is 5.78 Å². The number of nitrogens with zero attached hydrogens (tertiary/aromatic N) is 2. The Morgan fingerprint density at radius 3 is 2.58 bits per heavy atom. The predicted molar refractivity (Wildman–Crippen MR) is 148 cm³/mol. The van der Waals surface area contributed by atoms with Crippen molar-refractivity contribution in [2.45, 2.75) is 32.1 Å². The molecule has 0 unspecified atom stereocenters. The molecule has 0 atom stereocenters. The number of aromatic nitrogens is 1. The number of alkyl halides is 2. The molecule has 0 aliphatic carbocycles. The lowest BCUT2D eigenvalue weighted by Crippen LogP contribution is -2.31. The normalized spacial score (nSPS) is 15.0. The number of carbonyl (C=O) groups excluding carboxylic acids is 2. The Labute approximate surface area is 223 Å². The molecule has 8 heteroatoms. The van der Waals surface area contributed by atoms with Crippen LogP contribution >= 0.6 is 11.3 Å². The van der Waals surface area contributed by atoms with E-state index in [0.717, 1.165) is 32.5 Å². The number of benzene rings is 2. The van der Waals surface area contributed by atoms with Gasteiger partial charge in [-0.25, -0.2) is 13.8 Å². The second-order valence-electron chi connectivity index (χ2n) is 9.65. The van der Waals surface area contributed by atoms with Crippen LogP contribution in [0.3, 0.4) is 0 Å². The largest absolute Gasteiger partial charge is 0.384 e. The summed E-state index contributed by atoms with van der Waals surface area (Å²) in [6.45, 7) is 1.61. The zero-order valence-corrected chi connectivity index (χ0v) is 21.7. The molecule has 1 aliphatic heterocycles. The first-order valence-corrected chi connectivity index (χ1v) is 13.2. The summed E-state index contributed by atoms with van der Waals surface area (Å²) in [5.41, 5.74) is 9.92. The molecular weight excluding hydrogens is 504 g/mol. The van der Waals surface area contributed by atoms with Gasteiger partial charge in [-0.1, -0.05) is 12.1 Å². The standard InChI is InChI=1S/C30H27F2N3O2S/c1-19-14-23(21-4-6-22(7-5-21)29(37)35-13-12-30(31,32)18-35)15-24-16-26(38-28(19)24)10-9-25(36)8-2-20-3-11-27(33)34-17-20/h2-8,11,14-17H,9-10,12-13,18H2,1H3,(H2,33,34)/b8-2+. The molecule has 2 N–H and O–H groups in total. The average Bonchev–Trinajstić information content (AvgIpc) is 3.49. The molecule has 194 valence electrons. The number of likely N-dealkylation sites (tertiary alicyclic amines) is 1. The molecule has 0 spiro atoms. The number of rotatable bonds is 7. The van der Waals surface area contributed by atoms with Crippen molar-refractivity contribution in [3.05, 3.63) is 88.4 Å². The molecule has 1 saturated heterocycles. The van der Waals surface area contributed by atoms with Crippen LogP contribution in [0.15, 0.2) is 66.9 Å². The maximum absolute atomic E-state index is 13.5. The zero-order valence-electron chi connectivity index (χ0n) is 20.9. The minimum absolute atomic E-state index is 0.0454. The zero-order chi connectivity index (χ0) is 26.9. The summed E-state index contributed by atoms with van der Waals surface area (Å²) >= 11 is 1.69. The number of hydrogen-bond acceptors (Lipinski definition) is 5. The second kappa shape index (κ2) is 10.5. The number of aryl methyl sites for hydroxylation is 2. The molecule has 0 bridgehead atoms. The molecular formula is C30H27F2N3O2S. The molecule has 2 aromatic heterocycles. The lowest BCUT2D eigenvalue weighted by Gasteiger charge is -2.16. The Morgan fingerprint density at radius 1 is 1.11 bits per heavy atom. The van der Waals surface area contributed by atoms with Gasteiger partial charge in [0, 0.05) is 40.7 Å². The second-order valence-corrected chi connectivity index (χ2v) is 10.8. The fraction of sp³-hybridized carbons (Fsp3) is 0.233. The molecule has 4 aromatic rings. The van der Waals surface area contributed by atoms with Gasteiger partial charge < -0.3 is 10.6 Å². The van der Waals surface area contributed by atoms with Gasteiger partial charge in [-0.05, 0) is 95.6 Å². The van der Waals surface area contributed by atoms with E-state index in [1.54, 1.807) is 47.9 Å². The number of amides is 1. The average molecular weight is 532 g/mol. The Balaban J connectivity index is 1.26. The van der Waals surface area contributed by atoms with Gasteiger partial charge in [0.25, 0.3) is 11.8 Å². The molecule has 2 aromatic carbocycles. The van der Waals surface area contributed by atoms with Crippen LogP contribution in [-0.2, 0) is 11.2 Å². The Kier molecular flexibility index (Phi) is 7.08. The lowest BCUT2D eigenvalue weighted by molar-refractivity contribution is -0.114. The summed E-state index contributed by atoms with van der Waals surface area (Å²) in [6, 6.07) is 17.0. The number of thiophene rings is 1. The molecule has 1 amide bonds. The van der Waals surface area contributed by atoms with Crippen LogP contribution in [0.2, 0.25) is 0 Å². The van der Waals surface area contributed by atoms with Gasteiger partial charge in [-0.2, -0.15) is 0 Å². The molecule has 5 nitrogen and oxygen atoms in total. The first-order valence-electron chi connectivity index (χ1n) is 12.4. The van der Waals surface area contributed by atoms with Gasteiger partial charge in [-0.15, -0.1) is 11.3 Å². The van der Waals surface area contributed by atoms with E-state index in [1.165, 1.54) is 9.60 Å². The molecule has 5 rings (SSSR count). The van der Waals surface area contributed by atoms with E-state index < -0.39 is 12.5 Å². The molecule has 0 saturated carbocycles. The van der Waals surface area contributed by atoms with Gasteiger partial charge in [0.05, 0.1) is 6.54 Å². The van der Waals surface area contributed by atoms with Crippen molar-refractivity contribution in [3.63, 3.8) is 0 Å². The highest BCUT2D eigenvalue weighted by Gasteiger charge is 2.40.